The number of hydrogen-bond acceptors (Lipinski definition) is 5. The van der Waals surface area contributed by atoms with E-state index in [1.807, 2.05) is 48.7 Å². The largest absolute Gasteiger partial charge is 0.298 e. The zero-order chi connectivity index (χ0) is 20.5. The minimum Gasteiger partial charge on any atom is -0.298 e. The van der Waals surface area contributed by atoms with Gasteiger partial charge < -0.3 is 0 Å². The van der Waals surface area contributed by atoms with Crippen molar-refractivity contribution in [1.29, 1.82) is 0 Å². The number of nitrogens with zero attached hydrogens (tertiary/aromatic N) is 4. The van der Waals surface area contributed by atoms with E-state index < -0.39 is 0 Å². The maximum Gasteiger partial charge on any atom is 0.257 e. The van der Waals surface area contributed by atoms with E-state index in [9.17, 15) is 4.79 Å². The van der Waals surface area contributed by atoms with Crippen LogP contribution in [0.15, 0.2) is 53.9 Å². The third kappa shape index (κ3) is 3.74. The van der Waals surface area contributed by atoms with Crippen molar-refractivity contribution in [1.82, 2.24) is 19.4 Å². The number of carbonyl (C=O) groups is 1. The predicted octanol–water partition coefficient (Wildman–Crippen LogP) is 4.64. The summed E-state index contributed by atoms with van der Waals surface area (Å²) in [4.78, 5) is 24.4. The summed E-state index contributed by atoms with van der Waals surface area (Å²) in [5.41, 5.74) is 4.44. The number of aromatic nitrogens is 3. The molecule has 7 heteroatoms. The molecule has 3 heterocycles. The molecule has 152 valence electrons. The normalized spacial score (nSPS) is 14.4. The predicted molar refractivity (Wildman–Crippen MR) is 120 cm³/mol. The lowest BCUT2D eigenvalue weighted by atomic mass is 10.2. The van der Waals surface area contributed by atoms with Crippen LogP contribution in [0.3, 0.4) is 0 Å². The van der Waals surface area contributed by atoms with Gasteiger partial charge in [0.2, 0.25) is 0 Å². The molecule has 1 fully saturated rings. The van der Waals surface area contributed by atoms with Gasteiger partial charge in [-0.25, -0.2) is 9.97 Å². The van der Waals surface area contributed by atoms with Gasteiger partial charge in [-0.1, -0.05) is 18.2 Å². The van der Waals surface area contributed by atoms with Crippen molar-refractivity contribution in [2.75, 3.05) is 18.4 Å². The lowest BCUT2D eigenvalue weighted by molar-refractivity contribution is 0.102. The van der Waals surface area contributed by atoms with Crippen LogP contribution in [0.4, 0.5) is 5.13 Å². The maximum absolute atomic E-state index is 12.8. The number of rotatable bonds is 5. The third-order valence-electron chi connectivity index (χ3n) is 5.46. The van der Waals surface area contributed by atoms with E-state index in [0.29, 0.717) is 10.7 Å². The Morgan fingerprint density at radius 2 is 1.90 bits per heavy atom. The van der Waals surface area contributed by atoms with Gasteiger partial charge >= 0.3 is 0 Å². The molecule has 0 saturated carbocycles. The second-order valence-electron chi connectivity index (χ2n) is 7.61. The summed E-state index contributed by atoms with van der Waals surface area (Å²) in [5.74, 6) is 0.728. The van der Waals surface area contributed by atoms with Crippen LogP contribution in [-0.2, 0) is 6.54 Å². The highest BCUT2D eigenvalue weighted by Gasteiger charge is 2.16. The highest BCUT2D eigenvalue weighted by Crippen LogP contribution is 2.24. The maximum atomic E-state index is 12.8. The van der Waals surface area contributed by atoms with Crippen LogP contribution >= 0.6 is 11.3 Å². The van der Waals surface area contributed by atoms with Crippen molar-refractivity contribution in [3.05, 3.63) is 71.0 Å². The molecular formula is C23H23N5OS. The molecule has 2 aromatic heterocycles. The molecule has 1 amide bonds. The molecular weight excluding hydrogens is 394 g/mol. The van der Waals surface area contributed by atoms with E-state index in [1.54, 1.807) is 0 Å². The molecule has 6 nitrogen and oxygen atoms in total. The zero-order valence-corrected chi connectivity index (χ0v) is 17.7. The average molecular weight is 418 g/mol. The number of carbonyl (C=O) groups excluding carboxylic acids is 1. The number of fused-ring (bicyclic) bond motifs is 1. The molecule has 0 atom stereocenters. The van der Waals surface area contributed by atoms with Gasteiger partial charge in [0.1, 0.15) is 5.82 Å². The van der Waals surface area contributed by atoms with E-state index in [1.165, 1.54) is 24.2 Å². The van der Waals surface area contributed by atoms with Gasteiger partial charge in [-0.15, -0.1) is 11.3 Å². The lowest BCUT2D eigenvalue weighted by Gasteiger charge is -2.11. The van der Waals surface area contributed by atoms with Crippen molar-refractivity contribution in [2.24, 2.45) is 0 Å². The number of anilines is 1. The van der Waals surface area contributed by atoms with Crippen LogP contribution in [0, 0.1) is 6.92 Å². The molecule has 0 spiro atoms. The topological polar surface area (TPSA) is 63.1 Å². The SMILES string of the molecule is Cc1nc2cc(C(=O)Nc3nc(CN4CCCC4)cs3)ccc2n1-c1ccccc1. The summed E-state index contributed by atoms with van der Waals surface area (Å²) in [7, 11) is 0. The first-order valence-corrected chi connectivity index (χ1v) is 11.1. The number of aryl methyl sites for hydroxylation is 1. The Balaban J connectivity index is 1.35. The van der Waals surface area contributed by atoms with Crippen LogP contribution in [0.25, 0.3) is 16.7 Å². The van der Waals surface area contributed by atoms with Crippen LogP contribution in [-0.4, -0.2) is 38.4 Å². The van der Waals surface area contributed by atoms with Crippen molar-refractivity contribution in [3.8, 4) is 5.69 Å². The van der Waals surface area contributed by atoms with Gasteiger partial charge in [0.05, 0.1) is 16.7 Å². The Bertz CT molecular complexity index is 1190. The fourth-order valence-electron chi connectivity index (χ4n) is 4.02. The van der Waals surface area contributed by atoms with Gasteiger partial charge in [0, 0.05) is 23.2 Å². The second-order valence-corrected chi connectivity index (χ2v) is 8.47. The lowest BCUT2D eigenvalue weighted by Crippen LogP contribution is -2.18. The molecule has 1 aliphatic heterocycles. The minimum absolute atomic E-state index is 0.161. The summed E-state index contributed by atoms with van der Waals surface area (Å²) < 4.78 is 2.10. The van der Waals surface area contributed by atoms with E-state index in [-0.39, 0.29) is 5.91 Å². The highest BCUT2D eigenvalue weighted by molar-refractivity contribution is 7.14. The monoisotopic (exact) mass is 417 g/mol. The van der Waals surface area contributed by atoms with Crippen LogP contribution in [0.5, 0.6) is 0 Å². The quantitative estimate of drug-likeness (QED) is 0.514. The first-order chi connectivity index (χ1) is 14.7. The van der Waals surface area contributed by atoms with E-state index in [2.05, 4.69) is 36.9 Å². The summed E-state index contributed by atoms with van der Waals surface area (Å²) in [6, 6.07) is 15.8. The van der Waals surface area contributed by atoms with Crippen molar-refractivity contribution in [3.63, 3.8) is 0 Å². The molecule has 30 heavy (non-hydrogen) atoms. The van der Waals surface area contributed by atoms with Crippen molar-refractivity contribution in [2.45, 2.75) is 26.3 Å². The number of amides is 1. The number of para-hydroxylation sites is 1. The Morgan fingerprint density at radius 1 is 1.10 bits per heavy atom. The number of thiazole rings is 1. The molecule has 4 aromatic rings. The fourth-order valence-corrected chi connectivity index (χ4v) is 4.72. The highest BCUT2D eigenvalue weighted by atomic mass is 32.1. The van der Waals surface area contributed by atoms with Gasteiger partial charge in [0.15, 0.2) is 5.13 Å². The Labute approximate surface area is 179 Å². The minimum atomic E-state index is -0.161. The summed E-state index contributed by atoms with van der Waals surface area (Å²) in [6.45, 7) is 5.10. The molecule has 0 unspecified atom stereocenters. The molecule has 5 rings (SSSR count). The van der Waals surface area contributed by atoms with Crippen LogP contribution in [0.1, 0.15) is 34.7 Å². The average Bonchev–Trinajstić information content (AvgIpc) is 3.48. The smallest absolute Gasteiger partial charge is 0.257 e. The Kier molecular flexibility index (Phi) is 5.06. The number of benzene rings is 2. The second kappa shape index (κ2) is 8.01. The number of hydrogen-bond donors (Lipinski definition) is 1. The first-order valence-electron chi connectivity index (χ1n) is 10.2. The van der Waals surface area contributed by atoms with Gasteiger partial charge in [0.25, 0.3) is 5.91 Å². The molecule has 1 aliphatic rings. The molecule has 2 aromatic carbocycles. The van der Waals surface area contributed by atoms with E-state index in [4.69, 9.17) is 0 Å². The zero-order valence-electron chi connectivity index (χ0n) is 16.8. The molecule has 1 N–H and O–H groups in total. The Hall–Kier alpha value is -3.03. The van der Waals surface area contributed by atoms with Crippen molar-refractivity contribution < 1.29 is 4.79 Å². The molecule has 0 aliphatic carbocycles. The van der Waals surface area contributed by atoms with Gasteiger partial charge in [-0.3, -0.25) is 19.6 Å². The first kappa shape index (κ1) is 19.0. The Morgan fingerprint density at radius 3 is 2.70 bits per heavy atom. The van der Waals surface area contributed by atoms with Crippen LogP contribution < -0.4 is 5.32 Å². The molecule has 1 saturated heterocycles. The third-order valence-corrected chi connectivity index (χ3v) is 6.26. The van der Waals surface area contributed by atoms with E-state index >= 15 is 0 Å². The fraction of sp³-hybridized carbons (Fsp3) is 0.261. The summed E-state index contributed by atoms with van der Waals surface area (Å²) in [6.07, 6.45) is 2.52. The van der Waals surface area contributed by atoms with E-state index in [0.717, 1.165) is 47.9 Å². The van der Waals surface area contributed by atoms with Gasteiger partial charge in [-0.2, -0.15) is 0 Å². The number of nitrogens with one attached hydrogen (secondary N) is 1. The molecule has 0 radical (unpaired) electrons. The number of imidazole rings is 1. The van der Waals surface area contributed by atoms with Crippen molar-refractivity contribution >= 4 is 33.4 Å². The van der Waals surface area contributed by atoms with Gasteiger partial charge in [-0.05, 0) is 63.2 Å². The summed E-state index contributed by atoms with van der Waals surface area (Å²) >= 11 is 1.47. The van der Waals surface area contributed by atoms with Crippen LogP contribution in [0.2, 0.25) is 0 Å². The molecule has 0 bridgehead atoms. The standard InChI is InChI=1S/C23H23N5OS/c1-16-24-20-13-17(9-10-21(20)28(16)19-7-3-2-4-8-19)22(29)26-23-25-18(15-30-23)14-27-11-5-6-12-27/h2-4,7-10,13,15H,5-6,11-12,14H2,1H3,(H,25,26,29). The summed E-state index contributed by atoms with van der Waals surface area (Å²) in [5, 5.41) is 5.61. The number of likely N-dealkylation sites (tertiary alicyclic amines) is 1.